The van der Waals surface area contributed by atoms with E-state index < -0.39 is 0 Å². The Kier molecular flexibility index (Phi) is 5.23. The highest BCUT2D eigenvalue weighted by Gasteiger charge is 2.32. The third kappa shape index (κ3) is 3.56. The summed E-state index contributed by atoms with van der Waals surface area (Å²) in [7, 11) is 1.66. The predicted octanol–water partition coefficient (Wildman–Crippen LogP) is 1.60. The fourth-order valence-electron chi connectivity index (χ4n) is 2.81. The number of thioether (sulfide) groups is 1. The fraction of sp³-hybridized carbons (Fsp3) is 0.562. The van der Waals surface area contributed by atoms with Gasteiger partial charge in [-0.05, 0) is 17.7 Å². The highest BCUT2D eigenvalue weighted by atomic mass is 32.2. The second-order valence-corrected chi connectivity index (χ2v) is 6.55. The number of rotatable bonds is 5. The highest BCUT2D eigenvalue weighted by Crippen LogP contribution is 2.38. The first kappa shape index (κ1) is 15.6. The number of carbonyl (C=O) groups is 1. The van der Waals surface area contributed by atoms with Crippen molar-refractivity contribution in [2.75, 3.05) is 52.3 Å². The van der Waals surface area contributed by atoms with Crippen LogP contribution in [0.5, 0.6) is 5.75 Å². The van der Waals surface area contributed by atoms with Crippen LogP contribution in [0.1, 0.15) is 10.9 Å². The topological polar surface area (TPSA) is 42.0 Å². The minimum absolute atomic E-state index is 0.124. The zero-order valence-corrected chi connectivity index (χ0v) is 13.7. The molecule has 2 aliphatic rings. The molecule has 0 N–H and O–H groups in total. The Hall–Kier alpha value is -1.24. The number of ether oxygens (including phenoxy) is 2. The zero-order valence-electron chi connectivity index (χ0n) is 12.9. The van der Waals surface area contributed by atoms with Crippen molar-refractivity contribution in [1.29, 1.82) is 0 Å². The highest BCUT2D eigenvalue weighted by molar-refractivity contribution is 8.00. The van der Waals surface area contributed by atoms with Crippen LogP contribution in [-0.2, 0) is 9.53 Å². The Balaban J connectivity index is 1.63. The maximum absolute atomic E-state index is 12.2. The normalized spacial score (nSPS) is 23.0. The van der Waals surface area contributed by atoms with Gasteiger partial charge in [-0.15, -0.1) is 11.8 Å². The van der Waals surface area contributed by atoms with Crippen LogP contribution in [0.4, 0.5) is 0 Å². The molecule has 0 radical (unpaired) electrons. The summed E-state index contributed by atoms with van der Waals surface area (Å²) < 4.78 is 10.6. The van der Waals surface area contributed by atoms with Crippen LogP contribution in [0, 0.1) is 0 Å². The predicted molar refractivity (Wildman–Crippen MR) is 87.2 cm³/mol. The molecule has 2 saturated heterocycles. The van der Waals surface area contributed by atoms with Crippen LogP contribution in [0.15, 0.2) is 24.3 Å². The van der Waals surface area contributed by atoms with E-state index in [4.69, 9.17) is 9.47 Å². The number of morpholine rings is 1. The van der Waals surface area contributed by atoms with Crippen molar-refractivity contribution < 1.29 is 14.3 Å². The van der Waals surface area contributed by atoms with E-state index in [1.54, 1.807) is 18.9 Å². The first-order valence-electron chi connectivity index (χ1n) is 7.63. The maximum atomic E-state index is 12.2. The molecule has 0 aliphatic carbocycles. The molecule has 6 heteroatoms. The molecule has 0 aromatic heterocycles. The van der Waals surface area contributed by atoms with Crippen molar-refractivity contribution in [3.8, 4) is 5.75 Å². The SMILES string of the molecule is COc1ccc([C@H]2SCC(=O)N2CCN2CCOCC2)cc1. The van der Waals surface area contributed by atoms with Crippen LogP contribution in [0.3, 0.4) is 0 Å². The molecule has 2 fully saturated rings. The number of methoxy groups -OCH3 is 1. The Morgan fingerprint density at radius 3 is 2.64 bits per heavy atom. The van der Waals surface area contributed by atoms with Gasteiger partial charge in [-0.1, -0.05) is 12.1 Å². The van der Waals surface area contributed by atoms with E-state index in [2.05, 4.69) is 17.0 Å². The van der Waals surface area contributed by atoms with Gasteiger partial charge in [-0.2, -0.15) is 0 Å². The largest absolute Gasteiger partial charge is 0.497 e. The van der Waals surface area contributed by atoms with Crippen molar-refractivity contribution in [2.45, 2.75) is 5.37 Å². The molecule has 120 valence electrons. The molecule has 0 saturated carbocycles. The molecule has 1 atom stereocenters. The lowest BCUT2D eigenvalue weighted by Gasteiger charge is -2.30. The van der Waals surface area contributed by atoms with Crippen molar-refractivity contribution >= 4 is 17.7 Å². The molecule has 2 aliphatic heterocycles. The molecular weight excluding hydrogens is 300 g/mol. The summed E-state index contributed by atoms with van der Waals surface area (Å²) in [6, 6.07) is 8.02. The third-order valence-electron chi connectivity index (χ3n) is 4.13. The van der Waals surface area contributed by atoms with Crippen molar-refractivity contribution in [2.24, 2.45) is 0 Å². The lowest BCUT2D eigenvalue weighted by atomic mass is 10.2. The summed E-state index contributed by atoms with van der Waals surface area (Å²) in [5.74, 6) is 1.65. The van der Waals surface area contributed by atoms with Crippen molar-refractivity contribution in [3.63, 3.8) is 0 Å². The van der Waals surface area contributed by atoms with E-state index >= 15 is 0 Å². The van der Waals surface area contributed by atoms with Crippen LogP contribution in [0.25, 0.3) is 0 Å². The molecule has 22 heavy (non-hydrogen) atoms. The van der Waals surface area contributed by atoms with Crippen LogP contribution in [-0.4, -0.2) is 68.0 Å². The minimum atomic E-state index is 0.124. The van der Waals surface area contributed by atoms with Gasteiger partial charge in [-0.3, -0.25) is 9.69 Å². The number of amides is 1. The minimum Gasteiger partial charge on any atom is -0.497 e. The van der Waals surface area contributed by atoms with Gasteiger partial charge < -0.3 is 14.4 Å². The standard InChI is InChI=1S/C16H22N2O3S/c1-20-14-4-2-13(3-5-14)16-18(15(19)12-22-16)7-6-17-8-10-21-11-9-17/h2-5,16H,6-12H2,1H3/t16-/m1/s1. The summed E-state index contributed by atoms with van der Waals surface area (Å²) in [5.41, 5.74) is 1.17. The van der Waals surface area contributed by atoms with Crippen LogP contribution >= 0.6 is 11.8 Å². The van der Waals surface area contributed by atoms with Gasteiger partial charge in [0.15, 0.2) is 0 Å². The second kappa shape index (κ2) is 7.35. The second-order valence-electron chi connectivity index (χ2n) is 5.48. The van der Waals surface area contributed by atoms with Gasteiger partial charge >= 0.3 is 0 Å². The van der Waals surface area contributed by atoms with E-state index in [0.717, 1.165) is 45.1 Å². The van der Waals surface area contributed by atoms with Gasteiger partial charge in [0.2, 0.25) is 5.91 Å². The van der Waals surface area contributed by atoms with Crippen molar-refractivity contribution in [1.82, 2.24) is 9.80 Å². The van der Waals surface area contributed by atoms with Gasteiger partial charge in [0.1, 0.15) is 11.1 Å². The quantitative estimate of drug-likeness (QED) is 0.824. The monoisotopic (exact) mass is 322 g/mol. The van der Waals surface area contributed by atoms with E-state index in [1.807, 2.05) is 17.0 Å². The van der Waals surface area contributed by atoms with Gasteiger partial charge in [0, 0.05) is 26.2 Å². The van der Waals surface area contributed by atoms with E-state index in [9.17, 15) is 4.79 Å². The number of nitrogens with zero attached hydrogens (tertiary/aromatic N) is 2. The van der Waals surface area contributed by atoms with Gasteiger partial charge in [0.05, 0.1) is 26.1 Å². The summed E-state index contributed by atoms with van der Waals surface area (Å²) in [6.07, 6.45) is 0. The van der Waals surface area contributed by atoms with E-state index in [0.29, 0.717) is 5.75 Å². The molecule has 0 spiro atoms. The Morgan fingerprint density at radius 2 is 1.95 bits per heavy atom. The number of hydrogen-bond donors (Lipinski definition) is 0. The van der Waals surface area contributed by atoms with Gasteiger partial charge in [0.25, 0.3) is 0 Å². The molecule has 2 heterocycles. The average Bonchev–Trinajstić information content (AvgIpc) is 2.95. The molecule has 3 rings (SSSR count). The lowest BCUT2D eigenvalue weighted by molar-refractivity contribution is -0.128. The summed E-state index contributed by atoms with van der Waals surface area (Å²) in [6.45, 7) is 5.21. The number of hydrogen-bond acceptors (Lipinski definition) is 5. The Labute approximate surface area is 135 Å². The molecule has 1 aromatic rings. The lowest BCUT2D eigenvalue weighted by Crippen LogP contribution is -2.42. The average molecular weight is 322 g/mol. The molecule has 0 unspecified atom stereocenters. The first-order valence-corrected chi connectivity index (χ1v) is 8.68. The zero-order chi connectivity index (χ0) is 15.4. The summed E-state index contributed by atoms with van der Waals surface area (Å²) in [5, 5.41) is 0.124. The maximum Gasteiger partial charge on any atom is 0.233 e. The summed E-state index contributed by atoms with van der Waals surface area (Å²) >= 11 is 1.70. The summed E-state index contributed by atoms with van der Waals surface area (Å²) in [4.78, 5) is 16.6. The van der Waals surface area contributed by atoms with Crippen molar-refractivity contribution in [3.05, 3.63) is 29.8 Å². The molecule has 1 aromatic carbocycles. The van der Waals surface area contributed by atoms with E-state index in [-0.39, 0.29) is 11.3 Å². The number of benzene rings is 1. The van der Waals surface area contributed by atoms with Crippen LogP contribution < -0.4 is 4.74 Å². The molecule has 1 amide bonds. The Bertz CT molecular complexity index is 503. The molecule has 0 bridgehead atoms. The smallest absolute Gasteiger partial charge is 0.233 e. The first-order chi connectivity index (χ1) is 10.8. The van der Waals surface area contributed by atoms with E-state index in [1.165, 1.54) is 5.56 Å². The van der Waals surface area contributed by atoms with Gasteiger partial charge in [-0.25, -0.2) is 0 Å². The number of carbonyl (C=O) groups excluding carboxylic acids is 1. The van der Waals surface area contributed by atoms with Crippen LogP contribution in [0.2, 0.25) is 0 Å². The third-order valence-corrected chi connectivity index (χ3v) is 5.39. The molecule has 5 nitrogen and oxygen atoms in total. The molecular formula is C16H22N2O3S. The Morgan fingerprint density at radius 1 is 1.23 bits per heavy atom. The fourth-order valence-corrected chi connectivity index (χ4v) is 4.03.